The van der Waals surface area contributed by atoms with E-state index in [0.29, 0.717) is 17.9 Å². The summed E-state index contributed by atoms with van der Waals surface area (Å²) in [6.45, 7) is 3.85. The van der Waals surface area contributed by atoms with Crippen LogP contribution in [-0.4, -0.2) is 41.0 Å². The lowest BCUT2D eigenvalue weighted by Crippen LogP contribution is -2.58. The van der Waals surface area contributed by atoms with E-state index in [1.54, 1.807) is 18.2 Å². The van der Waals surface area contributed by atoms with Gasteiger partial charge in [0, 0.05) is 0 Å². The van der Waals surface area contributed by atoms with Gasteiger partial charge in [-0.05, 0) is 48.8 Å². The second-order valence-electron chi connectivity index (χ2n) is 10.5. The maximum atomic E-state index is 13.8. The number of aliphatic hydroxyl groups is 1. The molecule has 1 saturated carbocycles. The van der Waals surface area contributed by atoms with Crippen molar-refractivity contribution in [3.05, 3.63) is 60.2 Å². The van der Waals surface area contributed by atoms with Gasteiger partial charge in [-0.2, -0.15) is 0 Å². The summed E-state index contributed by atoms with van der Waals surface area (Å²) in [5, 5.41) is 19.0. The summed E-state index contributed by atoms with van der Waals surface area (Å²) in [6, 6.07) is 14.5. The number of hydrogen-bond donors (Lipinski definition) is 4. The van der Waals surface area contributed by atoms with Crippen LogP contribution in [0.1, 0.15) is 64.0 Å². The number of carbonyl (C=O) groups is 3. The number of benzene rings is 2. The molecular formula is C29H37N3O5. The minimum atomic E-state index is -1.20. The average molecular weight is 508 g/mol. The molecular weight excluding hydrogens is 470 g/mol. The minimum absolute atomic E-state index is 0.0777. The highest BCUT2D eigenvalue weighted by Crippen LogP contribution is 2.35. The molecule has 4 unspecified atom stereocenters. The third-order valence-corrected chi connectivity index (χ3v) is 7.11. The van der Waals surface area contributed by atoms with E-state index in [1.807, 2.05) is 50.2 Å². The van der Waals surface area contributed by atoms with E-state index in [0.717, 1.165) is 37.7 Å². The monoisotopic (exact) mass is 507 g/mol. The van der Waals surface area contributed by atoms with Crippen molar-refractivity contribution in [1.82, 2.24) is 10.6 Å². The lowest BCUT2D eigenvalue weighted by Gasteiger charge is -2.33. The predicted octanol–water partition coefficient (Wildman–Crippen LogP) is 3.72. The molecule has 1 fully saturated rings. The number of rotatable bonds is 8. The van der Waals surface area contributed by atoms with Crippen molar-refractivity contribution in [2.75, 3.05) is 5.32 Å². The summed E-state index contributed by atoms with van der Waals surface area (Å²) in [6.07, 6.45) is 2.93. The SMILES string of the molecule is CC(C)CC(O)C(=O)NC(C(=O)NC1C(=O)Nc2ccccc2OC1c1ccccc1)C1CCCCC1. The van der Waals surface area contributed by atoms with Gasteiger partial charge in [0.25, 0.3) is 5.91 Å². The quantitative estimate of drug-likeness (QED) is 0.435. The second kappa shape index (κ2) is 12.2. The number of amides is 3. The van der Waals surface area contributed by atoms with Gasteiger partial charge in [0.05, 0.1) is 5.69 Å². The molecule has 0 spiro atoms. The number of ether oxygens (including phenoxy) is 1. The Morgan fingerprint density at radius 2 is 1.68 bits per heavy atom. The van der Waals surface area contributed by atoms with Gasteiger partial charge in [-0.25, -0.2) is 0 Å². The molecule has 3 amide bonds. The van der Waals surface area contributed by atoms with Crippen molar-refractivity contribution in [2.24, 2.45) is 11.8 Å². The Balaban J connectivity index is 1.60. The van der Waals surface area contributed by atoms with Crippen LogP contribution in [-0.2, 0) is 14.4 Å². The number of hydrogen-bond acceptors (Lipinski definition) is 5. The van der Waals surface area contributed by atoms with Crippen LogP contribution in [0.15, 0.2) is 54.6 Å². The minimum Gasteiger partial charge on any atom is -0.481 e. The predicted molar refractivity (Wildman–Crippen MR) is 141 cm³/mol. The Labute approximate surface area is 218 Å². The molecule has 4 N–H and O–H groups in total. The highest BCUT2D eigenvalue weighted by molar-refractivity contribution is 6.00. The smallest absolute Gasteiger partial charge is 0.251 e. The largest absolute Gasteiger partial charge is 0.481 e. The van der Waals surface area contributed by atoms with E-state index < -0.39 is 42.0 Å². The van der Waals surface area contributed by atoms with Crippen LogP contribution in [0.25, 0.3) is 0 Å². The van der Waals surface area contributed by atoms with Gasteiger partial charge in [-0.1, -0.05) is 75.6 Å². The molecule has 0 saturated heterocycles. The third kappa shape index (κ3) is 6.68. The van der Waals surface area contributed by atoms with E-state index in [9.17, 15) is 19.5 Å². The first kappa shape index (κ1) is 26.7. The Morgan fingerprint density at radius 1 is 1.00 bits per heavy atom. The average Bonchev–Trinajstić information content (AvgIpc) is 3.03. The Bertz CT molecular complexity index is 1080. The number of aliphatic hydroxyl groups excluding tert-OH is 1. The zero-order valence-corrected chi connectivity index (χ0v) is 21.5. The molecule has 2 aliphatic rings. The molecule has 8 nitrogen and oxygen atoms in total. The number of anilines is 1. The lowest BCUT2D eigenvalue weighted by atomic mass is 9.83. The number of para-hydroxylation sites is 2. The fourth-order valence-electron chi connectivity index (χ4n) is 5.18. The number of carbonyl (C=O) groups excluding carboxylic acids is 3. The normalized spacial score (nSPS) is 21.6. The summed E-state index contributed by atoms with van der Waals surface area (Å²) in [5.41, 5.74) is 1.27. The zero-order valence-electron chi connectivity index (χ0n) is 21.5. The molecule has 4 atom stereocenters. The van der Waals surface area contributed by atoms with Crippen molar-refractivity contribution in [3.8, 4) is 5.75 Å². The van der Waals surface area contributed by atoms with Gasteiger partial charge >= 0.3 is 0 Å². The summed E-state index contributed by atoms with van der Waals surface area (Å²) >= 11 is 0. The number of fused-ring (bicyclic) bond motifs is 1. The molecule has 198 valence electrons. The van der Waals surface area contributed by atoms with Crippen molar-refractivity contribution in [3.63, 3.8) is 0 Å². The van der Waals surface area contributed by atoms with Crippen LogP contribution in [0.2, 0.25) is 0 Å². The van der Waals surface area contributed by atoms with Crippen LogP contribution in [0, 0.1) is 11.8 Å². The molecule has 1 aliphatic carbocycles. The Kier molecular flexibility index (Phi) is 8.82. The van der Waals surface area contributed by atoms with Gasteiger partial charge < -0.3 is 25.8 Å². The fraction of sp³-hybridized carbons (Fsp3) is 0.483. The van der Waals surface area contributed by atoms with Gasteiger partial charge in [-0.3, -0.25) is 14.4 Å². The molecule has 1 heterocycles. The second-order valence-corrected chi connectivity index (χ2v) is 10.5. The van der Waals surface area contributed by atoms with Crippen molar-refractivity contribution >= 4 is 23.4 Å². The van der Waals surface area contributed by atoms with Gasteiger partial charge in [-0.15, -0.1) is 0 Å². The molecule has 2 aromatic rings. The van der Waals surface area contributed by atoms with Crippen molar-refractivity contribution < 1.29 is 24.2 Å². The van der Waals surface area contributed by atoms with Crippen molar-refractivity contribution in [1.29, 1.82) is 0 Å². The highest BCUT2D eigenvalue weighted by Gasteiger charge is 2.40. The summed E-state index contributed by atoms with van der Waals surface area (Å²) in [4.78, 5) is 40.0. The number of nitrogens with one attached hydrogen (secondary N) is 3. The van der Waals surface area contributed by atoms with E-state index >= 15 is 0 Å². The summed E-state index contributed by atoms with van der Waals surface area (Å²) in [7, 11) is 0. The maximum Gasteiger partial charge on any atom is 0.251 e. The topological polar surface area (TPSA) is 117 Å². The first-order chi connectivity index (χ1) is 17.8. The van der Waals surface area contributed by atoms with Gasteiger partial charge in [0.15, 0.2) is 6.10 Å². The molecule has 2 aromatic carbocycles. The molecule has 0 radical (unpaired) electrons. The lowest BCUT2D eigenvalue weighted by molar-refractivity contribution is -0.137. The van der Waals surface area contributed by atoms with E-state index in [2.05, 4.69) is 16.0 Å². The zero-order chi connectivity index (χ0) is 26.4. The fourth-order valence-corrected chi connectivity index (χ4v) is 5.18. The van der Waals surface area contributed by atoms with E-state index in [-0.39, 0.29) is 11.8 Å². The summed E-state index contributed by atoms with van der Waals surface area (Å²) < 4.78 is 6.29. The maximum absolute atomic E-state index is 13.8. The van der Waals surface area contributed by atoms with E-state index in [1.165, 1.54) is 0 Å². The van der Waals surface area contributed by atoms with Crippen LogP contribution >= 0.6 is 0 Å². The molecule has 0 aromatic heterocycles. The highest BCUT2D eigenvalue weighted by atomic mass is 16.5. The van der Waals surface area contributed by atoms with Gasteiger partial charge in [0.1, 0.15) is 23.9 Å². The summed E-state index contributed by atoms with van der Waals surface area (Å²) in [5.74, 6) is -0.856. The van der Waals surface area contributed by atoms with Crippen LogP contribution < -0.4 is 20.7 Å². The molecule has 37 heavy (non-hydrogen) atoms. The first-order valence-electron chi connectivity index (χ1n) is 13.2. The molecule has 4 rings (SSSR count). The van der Waals surface area contributed by atoms with Crippen molar-refractivity contribution in [2.45, 2.75) is 76.7 Å². The van der Waals surface area contributed by atoms with Crippen LogP contribution in [0.4, 0.5) is 5.69 Å². The molecule has 8 heteroatoms. The Hall–Kier alpha value is -3.39. The van der Waals surface area contributed by atoms with Gasteiger partial charge in [0.2, 0.25) is 11.8 Å². The Morgan fingerprint density at radius 3 is 2.38 bits per heavy atom. The van der Waals surface area contributed by atoms with Crippen LogP contribution in [0.3, 0.4) is 0 Å². The standard InChI is InChI=1S/C29H37N3O5/c1-18(2)17-22(33)27(34)31-24(19-11-5-3-6-12-19)28(35)32-25-26(20-13-7-4-8-14-20)37-23-16-10-9-15-21(23)30-29(25)36/h4,7-10,13-16,18-19,22,24-26,33H,3,5-6,11-12,17H2,1-2H3,(H,30,36)(H,31,34)(H,32,35). The molecule has 1 aliphatic heterocycles. The first-order valence-corrected chi connectivity index (χ1v) is 13.2. The van der Waals surface area contributed by atoms with E-state index in [4.69, 9.17) is 4.74 Å². The van der Waals surface area contributed by atoms with Crippen LogP contribution in [0.5, 0.6) is 5.75 Å². The third-order valence-electron chi connectivity index (χ3n) is 7.11. The molecule has 0 bridgehead atoms.